The molecule has 186 valence electrons. The van der Waals surface area contributed by atoms with Gasteiger partial charge < -0.3 is 19.4 Å². The van der Waals surface area contributed by atoms with Crippen LogP contribution < -0.4 is 15.5 Å². The Bertz CT molecular complexity index is 1380. The lowest BCUT2D eigenvalue weighted by atomic mass is 10.0. The minimum Gasteiger partial charge on any atom is -0.497 e. The fourth-order valence-electron chi connectivity index (χ4n) is 4.22. The molecule has 0 bridgehead atoms. The summed E-state index contributed by atoms with van der Waals surface area (Å²) in [5, 5.41) is 3.40. The van der Waals surface area contributed by atoms with Crippen LogP contribution in [-0.2, 0) is 6.42 Å². The Morgan fingerprint density at radius 2 is 1.72 bits per heavy atom. The zero-order valence-corrected chi connectivity index (χ0v) is 21.0. The van der Waals surface area contributed by atoms with Crippen LogP contribution in [0.3, 0.4) is 0 Å². The number of hydrogen-bond acceptors (Lipinski definition) is 5. The molecular weight excluding hydrogens is 452 g/mol. The van der Waals surface area contributed by atoms with Gasteiger partial charge in [-0.2, -0.15) is 0 Å². The number of amides is 1. The summed E-state index contributed by atoms with van der Waals surface area (Å²) in [5.74, 6) is 1.11. The number of carbonyl (C=O) groups excluding carboxylic acids is 1. The van der Waals surface area contributed by atoms with Crippen LogP contribution in [0.5, 0.6) is 5.75 Å². The minimum absolute atomic E-state index is 0.122. The average Bonchev–Trinajstić information content (AvgIpc) is 2.92. The Kier molecular flexibility index (Phi) is 8.18. The third-order valence-electron chi connectivity index (χ3n) is 6.37. The molecule has 0 radical (unpaired) electrons. The van der Waals surface area contributed by atoms with Crippen molar-refractivity contribution in [3.05, 3.63) is 99.7 Å². The van der Waals surface area contributed by atoms with Gasteiger partial charge in [0.25, 0.3) is 5.91 Å². The van der Waals surface area contributed by atoms with Gasteiger partial charge >= 0.3 is 0 Å². The predicted octanol–water partition coefficient (Wildman–Crippen LogP) is 5.07. The van der Waals surface area contributed by atoms with Crippen molar-refractivity contribution in [3.63, 3.8) is 0 Å². The van der Waals surface area contributed by atoms with Crippen molar-refractivity contribution in [2.24, 2.45) is 0 Å². The first-order valence-corrected chi connectivity index (χ1v) is 12.2. The van der Waals surface area contributed by atoms with E-state index in [1.807, 2.05) is 42.5 Å². The number of ether oxygens (including phenoxy) is 1. The SMILES string of the molecule is COc1ccc(CCN(C)CCCNC(=O)c2cccc3c(=O)c(C)c(-c4ccccc4)oc23)cc1. The maximum atomic E-state index is 13.0. The summed E-state index contributed by atoms with van der Waals surface area (Å²) in [6.45, 7) is 4.07. The standard InChI is InChI=1S/C30H32N2O4/c1-21-27(33)25-11-7-12-26(29(25)36-28(21)23-9-5-4-6-10-23)30(34)31-18-8-19-32(2)20-17-22-13-15-24(35-3)16-14-22/h4-7,9-16H,8,17-20H2,1-3H3,(H,31,34). The van der Waals surface area contributed by atoms with E-state index in [9.17, 15) is 9.59 Å². The quantitative estimate of drug-likeness (QED) is 0.318. The fourth-order valence-corrected chi connectivity index (χ4v) is 4.22. The van der Waals surface area contributed by atoms with Crippen molar-refractivity contribution in [1.29, 1.82) is 0 Å². The summed E-state index contributed by atoms with van der Waals surface area (Å²) in [6.07, 6.45) is 1.76. The Morgan fingerprint density at radius 3 is 2.44 bits per heavy atom. The van der Waals surface area contributed by atoms with Gasteiger partial charge in [-0.3, -0.25) is 9.59 Å². The lowest BCUT2D eigenvalue weighted by molar-refractivity contribution is 0.0952. The summed E-state index contributed by atoms with van der Waals surface area (Å²) in [6, 6.07) is 22.7. The molecule has 1 heterocycles. The number of para-hydroxylation sites is 1. The van der Waals surface area contributed by atoms with E-state index in [0.717, 1.165) is 37.2 Å². The number of benzene rings is 3. The lowest BCUT2D eigenvalue weighted by Crippen LogP contribution is -2.29. The zero-order chi connectivity index (χ0) is 25.5. The van der Waals surface area contributed by atoms with Gasteiger partial charge in [0.1, 0.15) is 11.5 Å². The molecule has 0 saturated carbocycles. The maximum absolute atomic E-state index is 13.0. The van der Waals surface area contributed by atoms with E-state index in [0.29, 0.717) is 34.4 Å². The highest BCUT2D eigenvalue weighted by atomic mass is 16.5. The highest BCUT2D eigenvalue weighted by Crippen LogP contribution is 2.27. The molecule has 0 unspecified atom stereocenters. The van der Waals surface area contributed by atoms with Crippen LogP contribution in [0, 0.1) is 6.92 Å². The number of nitrogens with one attached hydrogen (secondary N) is 1. The van der Waals surface area contributed by atoms with Crippen molar-refractivity contribution in [3.8, 4) is 17.1 Å². The van der Waals surface area contributed by atoms with E-state index >= 15 is 0 Å². The van der Waals surface area contributed by atoms with E-state index < -0.39 is 0 Å². The first-order valence-electron chi connectivity index (χ1n) is 12.2. The molecule has 4 rings (SSSR count). The predicted molar refractivity (Wildman–Crippen MR) is 144 cm³/mol. The maximum Gasteiger partial charge on any atom is 0.255 e. The third kappa shape index (κ3) is 5.83. The second-order valence-corrected chi connectivity index (χ2v) is 8.94. The molecule has 0 fully saturated rings. The number of nitrogens with zero attached hydrogens (tertiary/aromatic N) is 1. The Balaban J connectivity index is 1.37. The minimum atomic E-state index is -0.243. The molecule has 0 aliphatic carbocycles. The molecule has 6 nitrogen and oxygen atoms in total. The molecule has 0 aliphatic heterocycles. The van der Waals surface area contributed by atoms with Gasteiger partial charge in [0.05, 0.1) is 18.1 Å². The van der Waals surface area contributed by atoms with E-state index in [-0.39, 0.29) is 11.3 Å². The van der Waals surface area contributed by atoms with Crippen LogP contribution in [0.25, 0.3) is 22.3 Å². The van der Waals surface area contributed by atoms with Gasteiger partial charge in [-0.25, -0.2) is 0 Å². The number of fused-ring (bicyclic) bond motifs is 1. The lowest BCUT2D eigenvalue weighted by Gasteiger charge is -2.17. The molecule has 6 heteroatoms. The highest BCUT2D eigenvalue weighted by Gasteiger charge is 2.18. The van der Waals surface area contributed by atoms with Crippen molar-refractivity contribution in [2.75, 3.05) is 33.8 Å². The van der Waals surface area contributed by atoms with E-state index in [1.165, 1.54) is 5.56 Å². The van der Waals surface area contributed by atoms with Gasteiger partial charge in [-0.05, 0) is 63.2 Å². The van der Waals surface area contributed by atoms with Gasteiger partial charge in [-0.15, -0.1) is 0 Å². The fraction of sp³-hybridized carbons (Fsp3) is 0.267. The molecule has 36 heavy (non-hydrogen) atoms. The molecular formula is C30H32N2O4. The number of carbonyl (C=O) groups is 1. The van der Waals surface area contributed by atoms with Crippen molar-refractivity contribution in [1.82, 2.24) is 10.2 Å². The second kappa shape index (κ2) is 11.7. The monoisotopic (exact) mass is 484 g/mol. The van der Waals surface area contributed by atoms with E-state index in [1.54, 1.807) is 32.2 Å². The molecule has 0 saturated heterocycles. The van der Waals surface area contributed by atoms with Crippen LogP contribution in [0.2, 0.25) is 0 Å². The summed E-state index contributed by atoms with van der Waals surface area (Å²) < 4.78 is 11.4. The zero-order valence-electron chi connectivity index (χ0n) is 21.0. The normalized spacial score (nSPS) is 11.1. The van der Waals surface area contributed by atoms with Gasteiger partial charge in [0.2, 0.25) is 0 Å². The first kappa shape index (κ1) is 25.2. The van der Waals surface area contributed by atoms with Crippen molar-refractivity contribution < 1.29 is 13.9 Å². The summed E-state index contributed by atoms with van der Waals surface area (Å²) in [7, 11) is 3.75. The first-order chi connectivity index (χ1) is 17.5. The van der Waals surface area contributed by atoms with E-state index in [2.05, 4.69) is 29.4 Å². The Labute approximate surface area is 211 Å². The van der Waals surface area contributed by atoms with E-state index in [4.69, 9.17) is 9.15 Å². The van der Waals surface area contributed by atoms with Crippen molar-refractivity contribution >= 4 is 16.9 Å². The third-order valence-corrected chi connectivity index (χ3v) is 6.37. The molecule has 0 spiro atoms. The van der Waals surface area contributed by atoms with Gasteiger partial charge in [-0.1, -0.05) is 48.5 Å². The molecule has 1 amide bonds. The molecule has 4 aromatic rings. The number of likely N-dealkylation sites (N-methyl/N-ethyl adjacent to an activating group) is 1. The average molecular weight is 485 g/mol. The summed E-state index contributed by atoms with van der Waals surface area (Å²) >= 11 is 0. The van der Waals surface area contributed by atoms with Gasteiger partial charge in [0.15, 0.2) is 11.0 Å². The molecule has 3 aromatic carbocycles. The van der Waals surface area contributed by atoms with Crippen molar-refractivity contribution in [2.45, 2.75) is 19.8 Å². The molecule has 1 aromatic heterocycles. The van der Waals surface area contributed by atoms with Crippen LogP contribution >= 0.6 is 0 Å². The van der Waals surface area contributed by atoms with Crippen LogP contribution in [0.15, 0.2) is 82.0 Å². The second-order valence-electron chi connectivity index (χ2n) is 8.94. The molecule has 1 N–H and O–H groups in total. The number of rotatable bonds is 10. The Hall–Kier alpha value is -3.90. The van der Waals surface area contributed by atoms with Crippen LogP contribution in [0.1, 0.15) is 27.9 Å². The van der Waals surface area contributed by atoms with Crippen LogP contribution in [0.4, 0.5) is 0 Å². The smallest absolute Gasteiger partial charge is 0.255 e. The molecule has 0 atom stereocenters. The topological polar surface area (TPSA) is 71.8 Å². The largest absolute Gasteiger partial charge is 0.497 e. The molecule has 0 aliphatic rings. The highest BCUT2D eigenvalue weighted by molar-refractivity contribution is 6.05. The number of hydrogen-bond donors (Lipinski definition) is 1. The number of methoxy groups -OCH3 is 1. The Morgan fingerprint density at radius 1 is 0.972 bits per heavy atom. The summed E-state index contributed by atoms with van der Waals surface area (Å²) in [4.78, 5) is 28.3. The van der Waals surface area contributed by atoms with Crippen LogP contribution in [-0.4, -0.2) is 44.6 Å². The summed E-state index contributed by atoms with van der Waals surface area (Å²) in [5.41, 5.74) is 3.17. The van der Waals surface area contributed by atoms with Gasteiger partial charge in [0, 0.05) is 24.2 Å².